The van der Waals surface area contributed by atoms with Crippen LogP contribution in [0, 0.1) is 5.92 Å². The Labute approximate surface area is 200 Å². The van der Waals surface area contributed by atoms with Gasteiger partial charge in [-0.05, 0) is 55.2 Å². The van der Waals surface area contributed by atoms with E-state index in [4.69, 9.17) is 11.6 Å². The number of halogens is 1. The first-order chi connectivity index (χ1) is 16.0. The summed E-state index contributed by atoms with van der Waals surface area (Å²) in [4.78, 5) is 34.1. The van der Waals surface area contributed by atoms with Crippen LogP contribution in [0.5, 0.6) is 0 Å². The summed E-state index contributed by atoms with van der Waals surface area (Å²) < 4.78 is 0.523. The van der Waals surface area contributed by atoms with E-state index in [9.17, 15) is 14.7 Å². The summed E-state index contributed by atoms with van der Waals surface area (Å²) in [6.45, 7) is 2.27. The van der Waals surface area contributed by atoms with Gasteiger partial charge >= 0.3 is 0 Å². The number of hydrogen-bond donors (Lipinski definition) is 2. The lowest BCUT2D eigenvalue weighted by atomic mass is 9.96. The number of benzene rings is 1. The van der Waals surface area contributed by atoms with E-state index in [-0.39, 0.29) is 11.8 Å². The van der Waals surface area contributed by atoms with Gasteiger partial charge in [-0.3, -0.25) is 14.6 Å². The Bertz CT molecular complexity index is 1180. The molecule has 9 heteroatoms. The van der Waals surface area contributed by atoms with Gasteiger partial charge < -0.3 is 20.2 Å². The summed E-state index contributed by atoms with van der Waals surface area (Å²) in [6.07, 6.45) is 4.35. The molecule has 0 saturated carbocycles. The molecule has 1 atom stereocenters. The zero-order valence-electron chi connectivity index (χ0n) is 17.8. The van der Waals surface area contributed by atoms with Crippen molar-refractivity contribution in [3.8, 4) is 0 Å². The molecule has 1 fully saturated rings. The first-order valence-electron chi connectivity index (χ1n) is 10.8. The Hall–Kier alpha value is -2.94. The van der Waals surface area contributed by atoms with Gasteiger partial charge in [-0.1, -0.05) is 17.7 Å². The average Bonchev–Trinajstić information content (AvgIpc) is 3.38. The van der Waals surface area contributed by atoms with E-state index in [1.165, 1.54) is 16.2 Å². The molecule has 2 amide bonds. The molecule has 2 aliphatic rings. The van der Waals surface area contributed by atoms with Crippen LogP contribution in [0.4, 0.5) is 11.4 Å². The molecule has 3 aromatic rings. The summed E-state index contributed by atoms with van der Waals surface area (Å²) >= 11 is 7.12. The second kappa shape index (κ2) is 9.13. The molecule has 0 spiro atoms. The number of aliphatic hydroxyl groups excluding tert-OH is 1. The molecule has 1 aromatic carbocycles. The zero-order valence-corrected chi connectivity index (χ0v) is 19.4. The summed E-state index contributed by atoms with van der Waals surface area (Å²) in [5.74, 6) is -0.228. The molecule has 2 aliphatic heterocycles. The number of aromatic nitrogens is 1. The maximum atomic E-state index is 13.1. The number of hydrogen-bond acceptors (Lipinski definition) is 6. The van der Waals surface area contributed by atoms with Gasteiger partial charge in [0.2, 0.25) is 0 Å². The molecular formula is C24H23ClN4O3S. The minimum absolute atomic E-state index is 0.204. The van der Waals surface area contributed by atoms with E-state index in [2.05, 4.69) is 15.2 Å². The van der Waals surface area contributed by atoms with Crippen LogP contribution in [0.1, 0.15) is 44.7 Å². The Morgan fingerprint density at radius 3 is 2.61 bits per heavy atom. The van der Waals surface area contributed by atoms with Crippen molar-refractivity contribution in [3.63, 3.8) is 0 Å². The van der Waals surface area contributed by atoms with Crippen LogP contribution < -0.4 is 10.2 Å². The highest BCUT2D eigenvalue weighted by Gasteiger charge is 2.39. The second-order valence-electron chi connectivity index (χ2n) is 8.29. The van der Waals surface area contributed by atoms with Crippen LogP contribution in [-0.2, 0) is 0 Å². The van der Waals surface area contributed by atoms with Crippen molar-refractivity contribution in [2.24, 2.45) is 5.92 Å². The van der Waals surface area contributed by atoms with Gasteiger partial charge in [0.1, 0.15) is 0 Å². The highest BCUT2D eigenvalue weighted by Crippen LogP contribution is 2.38. The number of nitrogens with one attached hydrogen (secondary N) is 1. The normalized spacial score (nSPS) is 18.5. The fourth-order valence-electron chi connectivity index (χ4n) is 4.57. The van der Waals surface area contributed by atoms with E-state index >= 15 is 0 Å². The summed E-state index contributed by atoms with van der Waals surface area (Å²) in [7, 11) is 0. The Kier molecular flexibility index (Phi) is 6.05. The number of carbonyl (C=O) groups is 2. The molecule has 1 unspecified atom stereocenters. The van der Waals surface area contributed by atoms with Crippen LogP contribution in [0.3, 0.4) is 0 Å². The van der Waals surface area contributed by atoms with Gasteiger partial charge in [-0.2, -0.15) is 0 Å². The van der Waals surface area contributed by atoms with E-state index in [1.807, 2.05) is 12.1 Å². The minimum Gasteiger partial charge on any atom is -0.371 e. The average molecular weight is 483 g/mol. The topological polar surface area (TPSA) is 85.8 Å². The second-order valence-corrected chi connectivity index (χ2v) is 10.0. The highest BCUT2D eigenvalue weighted by molar-refractivity contribution is 7.18. The molecule has 33 heavy (non-hydrogen) atoms. The minimum atomic E-state index is -1.09. The molecular weight excluding hydrogens is 460 g/mol. The van der Waals surface area contributed by atoms with Crippen LogP contribution in [0.25, 0.3) is 0 Å². The standard InChI is InChI=1S/C24H23ClN4O3S/c25-20-5-4-19(33-20)22(30)27-18-3-1-2-17-21(18)24(32)29(23(17)31)14-15-8-12-28(13-9-15)16-6-10-26-11-7-16/h1-7,10-11,15,24,32H,8-9,12-14H2,(H,27,30). The molecule has 170 valence electrons. The molecule has 1 saturated heterocycles. The van der Waals surface area contributed by atoms with Gasteiger partial charge in [0.05, 0.1) is 9.21 Å². The first kappa shape index (κ1) is 21.9. The van der Waals surface area contributed by atoms with Crippen LogP contribution >= 0.6 is 22.9 Å². The monoisotopic (exact) mass is 482 g/mol. The maximum Gasteiger partial charge on any atom is 0.265 e. The highest BCUT2D eigenvalue weighted by atomic mass is 35.5. The number of aliphatic hydroxyl groups is 1. The number of piperidine rings is 1. The van der Waals surface area contributed by atoms with Crippen molar-refractivity contribution in [2.75, 3.05) is 29.9 Å². The fourth-order valence-corrected chi connectivity index (χ4v) is 5.51. The van der Waals surface area contributed by atoms with Gasteiger partial charge in [0.25, 0.3) is 11.8 Å². The number of carbonyl (C=O) groups excluding carboxylic acids is 2. The fraction of sp³-hybridized carbons (Fsp3) is 0.292. The van der Waals surface area contributed by atoms with E-state index in [0.717, 1.165) is 31.6 Å². The largest absolute Gasteiger partial charge is 0.371 e. The lowest BCUT2D eigenvalue weighted by molar-refractivity contribution is 0.00934. The molecule has 0 aliphatic carbocycles. The SMILES string of the molecule is O=C(Nc1cccc2c1C(O)N(CC1CCN(c3ccncc3)CC1)C2=O)c1ccc(Cl)s1. The van der Waals surface area contributed by atoms with Crippen molar-refractivity contribution >= 4 is 46.1 Å². The number of amides is 2. The number of pyridine rings is 1. The number of anilines is 2. The Balaban J connectivity index is 1.27. The van der Waals surface area contributed by atoms with Crippen molar-refractivity contribution in [3.05, 3.63) is 75.2 Å². The smallest absolute Gasteiger partial charge is 0.265 e. The third kappa shape index (κ3) is 4.34. The van der Waals surface area contributed by atoms with Gasteiger partial charge in [0.15, 0.2) is 6.23 Å². The first-order valence-corrected chi connectivity index (χ1v) is 12.0. The van der Waals surface area contributed by atoms with Crippen molar-refractivity contribution in [1.82, 2.24) is 9.88 Å². The molecule has 7 nitrogen and oxygen atoms in total. The van der Waals surface area contributed by atoms with E-state index in [1.54, 1.807) is 42.7 Å². The molecule has 2 aromatic heterocycles. The van der Waals surface area contributed by atoms with Crippen molar-refractivity contribution in [1.29, 1.82) is 0 Å². The van der Waals surface area contributed by atoms with Crippen LogP contribution in [-0.4, -0.2) is 46.4 Å². The predicted octanol–water partition coefficient (Wildman–Crippen LogP) is 4.41. The van der Waals surface area contributed by atoms with Gasteiger partial charge in [-0.15, -0.1) is 11.3 Å². The maximum absolute atomic E-state index is 13.1. The van der Waals surface area contributed by atoms with Gasteiger partial charge in [0, 0.05) is 54.5 Å². The van der Waals surface area contributed by atoms with E-state index < -0.39 is 6.23 Å². The lowest BCUT2D eigenvalue weighted by Crippen LogP contribution is -2.40. The molecule has 5 rings (SSSR count). The molecule has 4 heterocycles. The van der Waals surface area contributed by atoms with Crippen molar-refractivity contribution in [2.45, 2.75) is 19.1 Å². The van der Waals surface area contributed by atoms with E-state index in [0.29, 0.717) is 38.5 Å². The Morgan fingerprint density at radius 2 is 1.91 bits per heavy atom. The lowest BCUT2D eigenvalue weighted by Gasteiger charge is -2.35. The summed E-state index contributed by atoms with van der Waals surface area (Å²) in [5, 5.41) is 13.9. The number of nitrogens with zero attached hydrogens (tertiary/aromatic N) is 3. The van der Waals surface area contributed by atoms with Crippen LogP contribution in [0.2, 0.25) is 4.34 Å². The van der Waals surface area contributed by atoms with Gasteiger partial charge in [-0.25, -0.2) is 0 Å². The molecule has 2 N–H and O–H groups in total. The molecule has 0 radical (unpaired) electrons. The Morgan fingerprint density at radius 1 is 1.15 bits per heavy atom. The quantitative estimate of drug-likeness (QED) is 0.562. The third-order valence-corrected chi connectivity index (χ3v) is 7.52. The summed E-state index contributed by atoms with van der Waals surface area (Å²) in [5.41, 5.74) is 2.48. The number of fused-ring (bicyclic) bond motifs is 1. The number of rotatable bonds is 5. The third-order valence-electron chi connectivity index (χ3n) is 6.29. The van der Waals surface area contributed by atoms with Crippen molar-refractivity contribution < 1.29 is 14.7 Å². The molecule has 0 bridgehead atoms. The zero-order chi connectivity index (χ0) is 22.9. The summed E-state index contributed by atoms with van der Waals surface area (Å²) in [6, 6.07) is 12.4. The van der Waals surface area contributed by atoms with Crippen LogP contribution in [0.15, 0.2) is 54.9 Å². The predicted molar refractivity (Wildman–Crippen MR) is 129 cm³/mol. The number of thiophene rings is 1.